The third-order valence-corrected chi connectivity index (χ3v) is 3.56. The summed E-state index contributed by atoms with van der Waals surface area (Å²) >= 11 is 3.08. The van der Waals surface area contributed by atoms with E-state index in [1.54, 1.807) is 17.2 Å². The van der Waals surface area contributed by atoms with Gasteiger partial charge < -0.3 is 4.90 Å². The number of hydrogen-bond donors (Lipinski definition) is 0. The van der Waals surface area contributed by atoms with Crippen LogP contribution in [-0.4, -0.2) is 22.3 Å². The van der Waals surface area contributed by atoms with Gasteiger partial charge in [-0.15, -0.1) is 0 Å². The highest BCUT2D eigenvalue weighted by molar-refractivity contribution is 9.10. The molecule has 0 saturated carbocycles. The van der Waals surface area contributed by atoms with Crippen LogP contribution in [0.2, 0.25) is 0 Å². The summed E-state index contributed by atoms with van der Waals surface area (Å²) in [6, 6.07) is 9.95. The van der Waals surface area contributed by atoms with Crippen molar-refractivity contribution in [2.75, 3.05) is 6.54 Å². The van der Waals surface area contributed by atoms with E-state index in [0.29, 0.717) is 23.1 Å². The molecule has 0 N–H and O–H groups in total. The summed E-state index contributed by atoms with van der Waals surface area (Å²) in [4.78, 5) is 18.2. The first-order valence-electron chi connectivity index (χ1n) is 6.26. The van der Waals surface area contributed by atoms with E-state index in [1.165, 1.54) is 12.1 Å². The van der Waals surface area contributed by atoms with Crippen molar-refractivity contribution >= 4 is 21.8 Å². The Morgan fingerprint density at radius 1 is 1.35 bits per heavy atom. The van der Waals surface area contributed by atoms with Crippen LogP contribution in [0.25, 0.3) is 0 Å². The Kier molecular flexibility index (Phi) is 4.84. The fraction of sp³-hybridized carbons (Fsp3) is 0.200. The molecule has 0 saturated heterocycles. The monoisotopic (exact) mass is 336 g/mol. The van der Waals surface area contributed by atoms with Gasteiger partial charge in [-0.25, -0.2) is 4.39 Å². The molecular formula is C15H14BrFN2O. The molecule has 0 atom stereocenters. The third-order valence-electron chi connectivity index (χ3n) is 2.91. The number of aromatic nitrogens is 1. The van der Waals surface area contributed by atoms with Crippen LogP contribution >= 0.6 is 15.9 Å². The summed E-state index contributed by atoms with van der Waals surface area (Å²) in [5, 5.41) is 0. The minimum absolute atomic E-state index is 0.204. The zero-order chi connectivity index (χ0) is 14.5. The molecule has 1 aromatic carbocycles. The van der Waals surface area contributed by atoms with Crippen molar-refractivity contribution in [3.8, 4) is 0 Å². The molecule has 0 fully saturated rings. The van der Waals surface area contributed by atoms with E-state index in [9.17, 15) is 9.18 Å². The van der Waals surface area contributed by atoms with Crippen molar-refractivity contribution in [2.24, 2.45) is 0 Å². The minimum Gasteiger partial charge on any atom is -0.333 e. The van der Waals surface area contributed by atoms with Crippen LogP contribution in [-0.2, 0) is 6.54 Å². The second-order valence-electron chi connectivity index (χ2n) is 4.27. The zero-order valence-electron chi connectivity index (χ0n) is 11.0. The summed E-state index contributed by atoms with van der Waals surface area (Å²) in [5.41, 5.74) is 1.14. The van der Waals surface area contributed by atoms with Gasteiger partial charge in [0.1, 0.15) is 5.82 Å². The van der Waals surface area contributed by atoms with Gasteiger partial charge in [-0.2, -0.15) is 0 Å². The molecule has 104 valence electrons. The summed E-state index contributed by atoms with van der Waals surface area (Å²) in [6.45, 7) is 2.83. The van der Waals surface area contributed by atoms with E-state index in [-0.39, 0.29) is 5.91 Å². The molecule has 1 amide bonds. The first-order chi connectivity index (χ1) is 9.61. The Balaban J connectivity index is 2.18. The van der Waals surface area contributed by atoms with Crippen molar-refractivity contribution in [3.63, 3.8) is 0 Å². The summed E-state index contributed by atoms with van der Waals surface area (Å²) in [5.74, 6) is -0.644. The molecule has 1 heterocycles. The van der Waals surface area contributed by atoms with Crippen LogP contribution in [0, 0.1) is 5.82 Å². The Labute approximate surface area is 125 Å². The number of pyridine rings is 1. The first-order valence-corrected chi connectivity index (χ1v) is 7.05. The van der Waals surface area contributed by atoms with Crippen LogP contribution < -0.4 is 0 Å². The zero-order valence-corrected chi connectivity index (χ0v) is 12.6. The molecule has 2 aromatic rings. The lowest BCUT2D eigenvalue weighted by molar-refractivity contribution is 0.0750. The predicted octanol–water partition coefficient (Wildman–Crippen LogP) is 3.65. The van der Waals surface area contributed by atoms with Crippen molar-refractivity contribution in [2.45, 2.75) is 13.5 Å². The Morgan fingerprint density at radius 2 is 2.15 bits per heavy atom. The lowest BCUT2D eigenvalue weighted by Crippen LogP contribution is -2.30. The fourth-order valence-corrected chi connectivity index (χ4v) is 2.07. The topological polar surface area (TPSA) is 33.2 Å². The van der Waals surface area contributed by atoms with Gasteiger partial charge in [-0.3, -0.25) is 9.78 Å². The first kappa shape index (κ1) is 14.7. The van der Waals surface area contributed by atoms with Crippen LogP contribution in [0.5, 0.6) is 0 Å². The van der Waals surface area contributed by atoms with E-state index in [4.69, 9.17) is 0 Å². The fourth-order valence-electron chi connectivity index (χ4n) is 1.83. The number of carbonyl (C=O) groups excluding carboxylic acids is 1. The number of rotatable bonds is 4. The molecule has 0 unspecified atom stereocenters. The van der Waals surface area contributed by atoms with E-state index in [1.807, 2.05) is 25.1 Å². The van der Waals surface area contributed by atoms with Gasteiger partial charge in [-0.05, 0) is 53.2 Å². The highest BCUT2D eigenvalue weighted by Crippen LogP contribution is 2.18. The van der Waals surface area contributed by atoms with Gasteiger partial charge in [0, 0.05) is 18.3 Å². The van der Waals surface area contributed by atoms with Crippen LogP contribution in [0.4, 0.5) is 4.39 Å². The molecule has 2 rings (SSSR count). The maximum absolute atomic E-state index is 13.5. The van der Waals surface area contributed by atoms with Crippen LogP contribution in [0.1, 0.15) is 23.0 Å². The molecule has 1 aromatic heterocycles. The number of benzene rings is 1. The van der Waals surface area contributed by atoms with E-state index >= 15 is 0 Å². The Hall–Kier alpha value is -1.75. The van der Waals surface area contributed by atoms with Crippen molar-refractivity contribution in [1.29, 1.82) is 0 Å². The Morgan fingerprint density at radius 3 is 2.75 bits per heavy atom. The predicted molar refractivity (Wildman–Crippen MR) is 78.8 cm³/mol. The molecule has 0 aliphatic rings. The second kappa shape index (κ2) is 6.61. The molecule has 0 aliphatic heterocycles. The molecule has 0 spiro atoms. The number of hydrogen-bond acceptors (Lipinski definition) is 2. The normalized spacial score (nSPS) is 10.3. The van der Waals surface area contributed by atoms with Gasteiger partial charge in [-0.1, -0.05) is 6.07 Å². The summed E-state index contributed by atoms with van der Waals surface area (Å²) < 4.78 is 13.9. The quantitative estimate of drug-likeness (QED) is 0.853. The van der Waals surface area contributed by atoms with Crippen LogP contribution in [0.3, 0.4) is 0 Å². The summed E-state index contributed by atoms with van der Waals surface area (Å²) in [7, 11) is 0. The van der Waals surface area contributed by atoms with Crippen molar-refractivity contribution in [1.82, 2.24) is 9.88 Å². The molecular weight excluding hydrogens is 323 g/mol. The molecule has 0 aliphatic carbocycles. The van der Waals surface area contributed by atoms with Gasteiger partial charge >= 0.3 is 0 Å². The molecule has 0 radical (unpaired) electrons. The highest BCUT2D eigenvalue weighted by atomic mass is 79.9. The van der Waals surface area contributed by atoms with Gasteiger partial charge in [0.15, 0.2) is 0 Å². The smallest absolute Gasteiger partial charge is 0.254 e. The van der Waals surface area contributed by atoms with E-state index in [2.05, 4.69) is 20.9 Å². The van der Waals surface area contributed by atoms with Gasteiger partial charge in [0.25, 0.3) is 5.91 Å². The lowest BCUT2D eigenvalue weighted by atomic mass is 10.2. The minimum atomic E-state index is -0.440. The Bertz CT molecular complexity index is 604. The maximum atomic E-state index is 13.5. The summed E-state index contributed by atoms with van der Waals surface area (Å²) in [6.07, 6.45) is 1.69. The van der Waals surface area contributed by atoms with Crippen molar-refractivity contribution in [3.05, 3.63) is 64.1 Å². The largest absolute Gasteiger partial charge is 0.333 e. The van der Waals surface area contributed by atoms with E-state index < -0.39 is 5.82 Å². The van der Waals surface area contributed by atoms with E-state index in [0.717, 1.165) is 5.69 Å². The number of halogens is 2. The number of nitrogens with zero attached hydrogens (tertiary/aromatic N) is 2. The average Bonchev–Trinajstić information content (AvgIpc) is 2.48. The molecule has 0 bridgehead atoms. The number of carbonyl (C=O) groups is 1. The number of amides is 1. The molecule has 5 heteroatoms. The second-order valence-corrected chi connectivity index (χ2v) is 5.12. The van der Waals surface area contributed by atoms with Crippen LogP contribution in [0.15, 0.2) is 47.1 Å². The SMILES string of the molecule is CCN(Cc1ccccn1)C(=O)c1ccc(Br)c(F)c1. The molecule has 20 heavy (non-hydrogen) atoms. The lowest BCUT2D eigenvalue weighted by Gasteiger charge is -2.20. The van der Waals surface area contributed by atoms with Crippen molar-refractivity contribution < 1.29 is 9.18 Å². The highest BCUT2D eigenvalue weighted by Gasteiger charge is 2.16. The van der Waals surface area contributed by atoms with Gasteiger partial charge in [0.05, 0.1) is 16.7 Å². The maximum Gasteiger partial charge on any atom is 0.254 e. The van der Waals surface area contributed by atoms with Gasteiger partial charge in [0.2, 0.25) is 0 Å². The molecule has 3 nitrogen and oxygen atoms in total. The average molecular weight is 337 g/mol. The standard InChI is InChI=1S/C15H14BrFN2O/c1-2-19(10-12-5-3-4-8-18-12)15(20)11-6-7-13(16)14(17)9-11/h3-9H,2,10H2,1H3. The third kappa shape index (κ3) is 3.42.